The number of imidazole rings is 1. The Labute approximate surface area is 240 Å². The Morgan fingerprint density at radius 3 is 2.30 bits per heavy atom. The van der Waals surface area contributed by atoms with Crippen LogP contribution in [0.4, 0.5) is 0 Å². The van der Waals surface area contributed by atoms with Crippen molar-refractivity contribution in [3.63, 3.8) is 0 Å². The van der Waals surface area contributed by atoms with Crippen LogP contribution >= 0.6 is 23.2 Å². The molecule has 0 spiro atoms. The lowest BCUT2D eigenvalue weighted by molar-refractivity contribution is -0.130. The van der Waals surface area contributed by atoms with Gasteiger partial charge in [0.05, 0.1) is 15.6 Å². The molecular weight excluding hydrogens is 547 g/mol. The predicted molar refractivity (Wildman–Crippen MR) is 157 cm³/mol. The number of benzene rings is 2. The van der Waals surface area contributed by atoms with Crippen LogP contribution in [0.25, 0.3) is 38.9 Å². The molecule has 202 valence electrons. The third-order valence-corrected chi connectivity index (χ3v) is 8.03. The number of nitrogens with zero attached hydrogens (tertiary/aromatic N) is 5. The van der Waals surface area contributed by atoms with E-state index < -0.39 is 5.91 Å². The second kappa shape index (κ2) is 10.5. The number of amides is 2. The van der Waals surface area contributed by atoms with Crippen LogP contribution in [0.1, 0.15) is 23.0 Å². The van der Waals surface area contributed by atoms with Gasteiger partial charge in [0.25, 0.3) is 5.91 Å². The summed E-state index contributed by atoms with van der Waals surface area (Å²) in [6.07, 6.45) is 3.56. The van der Waals surface area contributed by atoms with Crippen molar-refractivity contribution >= 4 is 51.6 Å². The van der Waals surface area contributed by atoms with Crippen molar-refractivity contribution in [2.75, 3.05) is 26.2 Å². The third kappa shape index (κ3) is 4.79. The van der Waals surface area contributed by atoms with Gasteiger partial charge in [0.2, 0.25) is 5.91 Å². The second-order valence-electron chi connectivity index (χ2n) is 9.92. The minimum absolute atomic E-state index is 0.135. The topological polar surface area (TPSA) is 96.8 Å². The van der Waals surface area contributed by atoms with E-state index in [4.69, 9.17) is 33.9 Å². The van der Waals surface area contributed by atoms with Crippen LogP contribution < -0.4 is 5.73 Å². The van der Waals surface area contributed by atoms with E-state index in [1.807, 2.05) is 23.2 Å². The Balaban J connectivity index is 1.35. The van der Waals surface area contributed by atoms with Gasteiger partial charge in [-0.25, -0.2) is 4.98 Å². The molecule has 1 aliphatic rings. The molecule has 0 radical (unpaired) electrons. The molecule has 1 saturated heterocycles. The molecule has 2 N–H and O–H groups in total. The van der Waals surface area contributed by atoms with Crippen molar-refractivity contribution in [2.45, 2.75) is 13.5 Å². The van der Waals surface area contributed by atoms with Gasteiger partial charge in [-0.05, 0) is 35.4 Å². The van der Waals surface area contributed by atoms with Crippen LogP contribution in [0.3, 0.4) is 0 Å². The van der Waals surface area contributed by atoms with Gasteiger partial charge >= 0.3 is 0 Å². The summed E-state index contributed by atoms with van der Waals surface area (Å²) in [5, 5.41) is 1.52. The number of rotatable bonds is 5. The maximum atomic E-state index is 12.6. The lowest BCUT2D eigenvalue weighted by Crippen LogP contribution is -2.47. The summed E-state index contributed by atoms with van der Waals surface area (Å²) in [6.45, 7) is 5.72. The van der Waals surface area contributed by atoms with Crippen LogP contribution in [0.15, 0.2) is 67.0 Å². The molecule has 0 unspecified atom stereocenters. The lowest BCUT2D eigenvalue weighted by Gasteiger charge is -2.34. The first-order chi connectivity index (χ1) is 19.3. The second-order valence-corrected chi connectivity index (χ2v) is 10.7. The molecule has 3 aromatic heterocycles. The largest absolute Gasteiger partial charge is 0.364 e. The van der Waals surface area contributed by atoms with Crippen LogP contribution in [0.2, 0.25) is 10.0 Å². The number of carbonyl (C=O) groups excluding carboxylic acids is 2. The summed E-state index contributed by atoms with van der Waals surface area (Å²) in [7, 11) is 0. The van der Waals surface area contributed by atoms with E-state index in [9.17, 15) is 9.59 Å². The summed E-state index contributed by atoms with van der Waals surface area (Å²) >= 11 is 12.9. The number of nitrogens with two attached hydrogens (primary N) is 1. The Morgan fingerprint density at radius 1 is 0.950 bits per heavy atom. The fraction of sp³-hybridized carbons (Fsp3) is 0.200. The van der Waals surface area contributed by atoms with Gasteiger partial charge in [-0.1, -0.05) is 53.5 Å². The summed E-state index contributed by atoms with van der Waals surface area (Å²) in [5.74, 6) is -0.504. The highest BCUT2D eigenvalue weighted by molar-refractivity contribution is 6.39. The average Bonchev–Trinajstić information content (AvgIpc) is 3.33. The van der Waals surface area contributed by atoms with Gasteiger partial charge in [-0.2, -0.15) is 0 Å². The number of aromatic nitrogens is 3. The first-order valence-electron chi connectivity index (χ1n) is 12.9. The zero-order chi connectivity index (χ0) is 28.0. The lowest BCUT2D eigenvalue weighted by atomic mass is 10.0. The molecule has 1 fully saturated rings. The molecule has 2 amide bonds. The van der Waals surface area contributed by atoms with Crippen molar-refractivity contribution in [3.8, 4) is 22.4 Å². The summed E-state index contributed by atoms with van der Waals surface area (Å²) in [5.41, 5.74) is 11.2. The number of piperazine rings is 1. The number of pyridine rings is 2. The van der Waals surface area contributed by atoms with E-state index in [0.717, 1.165) is 54.8 Å². The maximum Gasteiger partial charge on any atom is 0.268 e. The quantitative estimate of drug-likeness (QED) is 0.309. The van der Waals surface area contributed by atoms with Crippen LogP contribution in [0.5, 0.6) is 0 Å². The molecule has 4 heterocycles. The zero-order valence-corrected chi connectivity index (χ0v) is 23.3. The van der Waals surface area contributed by atoms with Crippen molar-refractivity contribution in [3.05, 3.63) is 88.3 Å². The molecular formula is C30H26Cl2N6O2. The third-order valence-electron chi connectivity index (χ3n) is 7.40. The fourth-order valence-corrected chi connectivity index (χ4v) is 5.85. The van der Waals surface area contributed by atoms with E-state index in [-0.39, 0.29) is 11.6 Å². The average molecular weight is 573 g/mol. The molecule has 2 aromatic carbocycles. The van der Waals surface area contributed by atoms with Crippen molar-refractivity contribution in [2.24, 2.45) is 5.73 Å². The molecule has 0 saturated carbocycles. The highest BCUT2D eigenvalue weighted by Crippen LogP contribution is 2.37. The van der Waals surface area contributed by atoms with E-state index in [1.54, 1.807) is 35.7 Å². The van der Waals surface area contributed by atoms with Crippen molar-refractivity contribution in [1.29, 1.82) is 0 Å². The molecule has 10 heteroatoms. The normalized spacial score (nSPS) is 14.2. The standard InChI is InChI=1S/C30H26Cl2N6O2/c1-18(39)37-13-11-36(12-14-37)17-19-5-7-20(8-6-19)21-15-22-25(34-16-21)9-10-38-28(29(33)40)27(35-30(22)38)26-23(31)3-2-4-24(26)32/h2-10,15-16H,11-14,17H2,1H3,(H2,33,40). The molecule has 0 aliphatic carbocycles. The van der Waals surface area contributed by atoms with Gasteiger partial charge in [-0.3, -0.25) is 23.9 Å². The minimum atomic E-state index is -0.639. The molecule has 1 aliphatic heterocycles. The van der Waals surface area contributed by atoms with Gasteiger partial charge < -0.3 is 10.6 Å². The maximum absolute atomic E-state index is 12.6. The summed E-state index contributed by atoms with van der Waals surface area (Å²) in [6, 6.07) is 17.4. The van der Waals surface area contributed by atoms with Gasteiger partial charge in [0, 0.05) is 68.6 Å². The smallest absolute Gasteiger partial charge is 0.268 e. The Kier molecular flexibility index (Phi) is 6.92. The highest BCUT2D eigenvalue weighted by Gasteiger charge is 2.24. The minimum Gasteiger partial charge on any atom is -0.364 e. The van der Waals surface area contributed by atoms with Crippen LogP contribution in [-0.4, -0.2) is 62.2 Å². The first-order valence-corrected chi connectivity index (χ1v) is 13.7. The first kappa shape index (κ1) is 26.3. The zero-order valence-electron chi connectivity index (χ0n) is 21.8. The van der Waals surface area contributed by atoms with Crippen LogP contribution in [-0.2, 0) is 11.3 Å². The number of hydrogen-bond acceptors (Lipinski definition) is 5. The molecule has 8 nitrogen and oxygen atoms in total. The van der Waals surface area contributed by atoms with E-state index >= 15 is 0 Å². The number of primary amides is 1. The SMILES string of the molecule is CC(=O)N1CCN(Cc2ccc(-c3cnc4ccn5c(C(N)=O)c(-c6c(Cl)cccc6Cl)nc5c4c3)cc2)CC1. The predicted octanol–water partition coefficient (Wildman–Crippen LogP) is 5.29. The molecule has 6 rings (SSSR count). The number of hydrogen-bond donors (Lipinski definition) is 1. The number of fused-ring (bicyclic) bond motifs is 3. The fourth-order valence-electron chi connectivity index (χ4n) is 5.27. The molecule has 5 aromatic rings. The number of halogens is 2. The Morgan fingerprint density at radius 2 is 1.65 bits per heavy atom. The summed E-state index contributed by atoms with van der Waals surface area (Å²) in [4.78, 5) is 37.9. The number of carbonyl (C=O) groups is 2. The summed E-state index contributed by atoms with van der Waals surface area (Å²) < 4.78 is 1.67. The molecule has 0 atom stereocenters. The van der Waals surface area contributed by atoms with Crippen molar-refractivity contribution in [1.82, 2.24) is 24.2 Å². The van der Waals surface area contributed by atoms with Gasteiger partial charge in [0.1, 0.15) is 17.0 Å². The van der Waals surface area contributed by atoms with E-state index in [1.165, 1.54) is 5.56 Å². The Bertz CT molecular complexity index is 1760. The van der Waals surface area contributed by atoms with Crippen LogP contribution in [0, 0.1) is 0 Å². The van der Waals surface area contributed by atoms with Crippen molar-refractivity contribution < 1.29 is 9.59 Å². The monoisotopic (exact) mass is 572 g/mol. The van der Waals surface area contributed by atoms with Gasteiger partial charge in [0.15, 0.2) is 0 Å². The Hall–Kier alpha value is -3.98. The highest BCUT2D eigenvalue weighted by atomic mass is 35.5. The molecule has 0 bridgehead atoms. The molecule has 40 heavy (non-hydrogen) atoms. The van der Waals surface area contributed by atoms with Gasteiger partial charge in [-0.15, -0.1) is 0 Å². The van der Waals surface area contributed by atoms with E-state index in [2.05, 4.69) is 34.1 Å². The van der Waals surface area contributed by atoms with E-state index in [0.29, 0.717) is 26.9 Å².